The van der Waals surface area contributed by atoms with Crippen LogP contribution in [0.3, 0.4) is 0 Å². The van der Waals surface area contributed by atoms with Gasteiger partial charge in [-0.05, 0) is 87.4 Å². The largest absolute Gasteiger partial charge is 0.489 e. The van der Waals surface area contributed by atoms with Crippen LogP contribution in [0.15, 0.2) is 99.9 Å². The van der Waals surface area contributed by atoms with Crippen molar-refractivity contribution in [1.29, 1.82) is 0 Å². The number of halogens is 2. The Balaban J connectivity index is 1.36. The molecule has 0 aliphatic carbocycles. The van der Waals surface area contributed by atoms with E-state index in [-0.39, 0.29) is 12.2 Å². The van der Waals surface area contributed by atoms with Gasteiger partial charge in [-0.25, -0.2) is 9.79 Å². The third-order valence-electron chi connectivity index (χ3n) is 7.92. The number of hydrogen-bond donors (Lipinski definition) is 0. The van der Waals surface area contributed by atoms with Gasteiger partial charge >= 0.3 is 5.97 Å². The quantitative estimate of drug-likeness (QED) is 0.165. The molecule has 7 nitrogen and oxygen atoms in total. The summed E-state index contributed by atoms with van der Waals surface area (Å²) in [5.74, 6) is 0.213. The summed E-state index contributed by atoms with van der Waals surface area (Å²) in [4.78, 5) is 32.4. The third-order valence-corrected chi connectivity index (χ3v) is 9.62. The number of hydrogen-bond acceptors (Lipinski definition) is 6. The number of carbonyl (C=O) groups is 1. The van der Waals surface area contributed by atoms with E-state index in [0.29, 0.717) is 42.8 Å². The van der Waals surface area contributed by atoms with Crippen LogP contribution in [-0.4, -0.2) is 21.7 Å². The van der Waals surface area contributed by atoms with Gasteiger partial charge in [-0.1, -0.05) is 70.9 Å². The van der Waals surface area contributed by atoms with E-state index in [1.54, 1.807) is 24.5 Å². The summed E-state index contributed by atoms with van der Waals surface area (Å²) in [7, 11) is 0. The highest BCUT2D eigenvalue weighted by molar-refractivity contribution is 7.07. The van der Waals surface area contributed by atoms with Crippen LogP contribution in [0.2, 0.25) is 10.0 Å². The molecule has 3 aromatic carbocycles. The second kappa shape index (κ2) is 13.2. The minimum atomic E-state index is -0.766. The molecule has 0 fully saturated rings. The van der Waals surface area contributed by atoms with E-state index >= 15 is 0 Å². The molecule has 0 radical (unpaired) electrons. The lowest BCUT2D eigenvalue weighted by molar-refractivity contribution is -0.139. The molecule has 0 N–H and O–H groups in total. The average molecular weight is 673 g/mol. The Hall–Kier alpha value is -4.37. The number of fused-ring (bicyclic) bond motifs is 1. The van der Waals surface area contributed by atoms with Gasteiger partial charge in [-0.15, -0.1) is 0 Å². The molecule has 5 aromatic rings. The molecule has 0 bridgehead atoms. The van der Waals surface area contributed by atoms with Crippen molar-refractivity contribution in [3.8, 4) is 11.4 Å². The summed E-state index contributed by atoms with van der Waals surface area (Å²) in [6.07, 6.45) is 1.89. The smallest absolute Gasteiger partial charge is 0.338 e. The van der Waals surface area contributed by atoms with Crippen molar-refractivity contribution in [3.05, 3.63) is 148 Å². The van der Waals surface area contributed by atoms with E-state index in [4.69, 9.17) is 32.7 Å². The van der Waals surface area contributed by atoms with E-state index in [9.17, 15) is 9.59 Å². The molecule has 2 aromatic heterocycles. The zero-order chi connectivity index (χ0) is 32.5. The van der Waals surface area contributed by atoms with Crippen molar-refractivity contribution in [2.24, 2.45) is 4.99 Å². The first-order chi connectivity index (χ1) is 22.2. The first-order valence-corrected chi connectivity index (χ1v) is 16.3. The van der Waals surface area contributed by atoms with E-state index in [1.807, 2.05) is 86.7 Å². The van der Waals surface area contributed by atoms with Crippen LogP contribution in [0.25, 0.3) is 11.8 Å². The standard InChI is InChI=1S/C36H31Cl2N3O4S/c1-5-44-35(43)32-22(3)39-36-41(33(32)28-11-7-9-13-30(28)38)34(42)31(46-36)19-25-18-21(2)40(23(25)4)26-14-16-27(17-15-26)45-20-24-10-6-8-12-29(24)37/h6-19,33H,5,20H2,1-4H3/b31-19-/t33-/m1/s1. The molecule has 0 saturated carbocycles. The summed E-state index contributed by atoms with van der Waals surface area (Å²) in [6.45, 7) is 8.12. The Kier molecular flexibility index (Phi) is 9.04. The molecule has 10 heteroatoms. The molecule has 0 saturated heterocycles. The molecule has 0 unspecified atom stereocenters. The van der Waals surface area contributed by atoms with Gasteiger partial charge in [0.2, 0.25) is 0 Å². The van der Waals surface area contributed by atoms with Crippen molar-refractivity contribution in [2.45, 2.75) is 40.3 Å². The normalized spacial score (nSPS) is 14.7. The molecule has 0 spiro atoms. The highest BCUT2D eigenvalue weighted by Crippen LogP contribution is 2.34. The summed E-state index contributed by atoms with van der Waals surface area (Å²) < 4.78 is 15.5. The second-order valence-electron chi connectivity index (χ2n) is 10.9. The number of carbonyl (C=O) groups excluding carboxylic acids is 1. The summed E-state index contributed by atoms with van der Waals surface area (Å²) >= 11 is 14.2. The van der Waals surface area contributed by atoms with Gasteiger partial charge in [-0.3, -0.25) is 9.36 Å². The van der Waals surface area contributed by atoms with Crippen LogP contribution in [0.5, 0.6) is 5.75 Å². The minimum absolute atomic E-state index is 0.198. The van der Waals surface area contributed by atoms with E-state index in [0.717, 1.165) is 34.0 Å². The van der Waals surface area contributed by atoms with Gasteiger partial charge < -0.3 is 14.0 Å². The summed E-state index contributed by atoms with van der Waals surface area (Å²) in [5, 5.41) is 1.12. The predicted octanol–water partition coefficient (Wildman–Crippen LogP) is 7.09. The van der Waals surface area contributed by atoms with Crippen molar-refractivity contribution < 1.29 is 14.3 Å². The lowest BCUT2D eigenvalue weighted by Crippen LogP contribution is -2.40. The van der Waals surface area contributed by atoms with Crippen LogP contribution >= 0.6 is 34.5 Å². The molecule has 234 valence electrons. The SMILES string of the molecule is CCOC(=O)C1=C(C)N=c2s/c(=C\c3cc(C)n(-c4ccc(OCc5ccccc5Cl)cc4)c3C)c(=O)n2[C@@H]1c1ccccc1Cl. The number of benzene rings is 3. The fourth-order valence-corrected chi connectivity index (χ4v) is 7.19. The fourth-order valence-electron chi connectivity index (χ4n) is 5.72. The van der Waals surface area contributed by atoms with Gasteiger partial charge in [0.1, 0.15) is 18.4 Å². The highest BCUT2D eigenvalue weighted by Gasteiger charge is 2.34. The van der Waals surface area contributed by atoms with Crippen LogP contribution in [0.1, 0.15) is 48.0 Å². The van der Waals surface area contributed by atoms with E-state index < -0.39 is 12.0 Å². The first-order valence-electron chi connectivity index (χ1n) is 14.8. The van der Waals surface area contributed by atoms with Gasteiger partial charge in [0.05, 0.1) is 22.4 Å². The molecule has 1 aliphatic heterocycles. The van der Waals surface area contributed by atoms with Gasteiger partial charge in [0.15, 0.2) is 4.80 Å². The van der Waals surface area contributed by atoms with Gasteiger partial charge in [0, 0.05) is 32.7 Å². The summed E-state index contributed by atoms with van der Waals surface area (Å²) in [5.41, 5.74) is 5.94. The topological polar surface area (TPSA) is 74.8 Å². The zero-order valence-corrected chi connectivity index (χ0v) is 28.0. The molecule has 0 amide bonds. The molecule has 1 aliphatic rings. The molecular formula is C36H31Cl2N3O4S. The number of esters is 1. The van der Waals surface area contributed by atoms with Crippen molar-refractivity contribution in [1.82, 2.24) is 9.13 Å². The Morgan fingerprint density at radius 2 is 1.67 bits per heavy atom. The average Bonchev–Trinajstić information content (AvgIpc) is 3.49. The Morgan fingerprint density at radius 3 is 2.37 bits per heavy atom. The predicted molar refractivity (Wildman–Crippen MR) is 183 cm³/mol. The van der Waals surface area contributed by atoms with Crippen LogP contribution in [0.4, 0.5) is 0 Å². The number of rotatable bonds is 8. The Morgan fingerprint density at radius 1 is 0.978 bits per heavy atom. The number of aryl methyl sites for hydroxylation is 1. The molecule has 46 heavy (non-hydrogen) atoms. The fraction of sp³-hybridized carbons (Fsp3) is 0.194. The number of nitrogens with zero attached hydrogens (tertiary/aromatic N) is 3. The van der Waals surface area contributed by atoms with E-state index in [1.165, 1.54) is 11.3 Å². The number of allylic oxidation sites excluding steroid dienone is 1. The second-order valence-corrected chi connectivity index (χ2v) is 12.7. The highest BCUT2D eigenvalue weighted by atomic mass is 35.5. The van der Waals surface area contributed by atoms with Crippen LogP contribution in [-0.2, 0) is 16.1 Å². The maximum absolute atomic E-state index is 14.1. The van der Waals surface area contributed by atoms with E-state index in [2.05, 4.69) is 15.6 Å². The van der Waals surface area contributed by atoms with Crippen LogP contribution < -0.4 is 19.6 Å². The minimum Gasteiger partial charge on any atom is -0.489 e. The monoisotopic (exact) mass is 671 g/mol. The summed E-state index contributed by atoms with van der Waals surface area (Å²) in [6, 6.07) is 24.0. The molecular weight excluding hydrogens is 641 g/mol. The maximum Gasteiger partial charge on any atom is 0.338 e. The van der Waals surface area contributed by atoms with Crippen molar-refractivity contribution in [3.63, 3.8) is 0 Å². The lowest BCUT2D eigenvalue weighted by Gasteiger charge is -2.25. The van der Waals surface area contributed by atoms with Gasteiger partial charge in [-0.2, -0.15) is 0 Å². The molecule has 3 heterocycles. The van der Waals surface area contributed by atoms with Crippen molar-refractivity contribution >= 4 is 46.6 Å². The maximum atomic E-state index is 14.1. The zero-order valence-electron chi connectivity index (χ0n) is 25.7. The third kappa shape index (κ3) is 5.96. The number of ether oxygens (including phenoxy) is 2. The molecule has 1 atom stereocenters. The van der Waals surface area contributed by atoms with Gasteiger partial charge in [0.25, 0.3) is 5.56 Å². The first kappa shape index (κ1) is 31.6. The number of thiazole rings is 1. The lowest BCUT2D eigenvalue weighted by atomic mass is 9.96. The van der Waals surface area contributed by atoms with Crippen molar-refractivity contribution in [2.75, 3.05) is 6.61 Å². The Bertz CT molecular complexity index is 2180. The molecule has 6 rings (SSSR count). The number of aromatic nitrogens is 2. The van der Waals surface area contributed by atoms with Crippen LogP contribution in [0, 0.1) is 13.8 Å². The Labute approximate surface area is 280 Å².